The molecular formula is C38H49F2N4O11P. The van der Waals surface area contributed by atoms with E-state index in [-0.39, 0.29) is 42.9 Å². The Balaban J connectivity index is 1.23. The molecule has 1 spiro atoms. The highest BCUT2D eigenvalue weighted by atomic mass is 31.2. The smallest absolute Gasteiger partial charge is 0.451 e. The fraction of sp³-hybridized carbons (Fsp3) is 0.605. The molecular weight excluding hydrogens is 757 g/mol. The van der Waals surface area contributed by atoms with Crippen molar-refractivity contribution in [2.75, 3.05) is 19.9 Å². The van der Waals surface area contributed by atoms with Crippen molar-refractivity contribution in [2.45, 2.75) is 117 Å². The van der Waals surface area contributed by atoms with Crippen LogP contribution in [0.2, 0.25) is 0 Å². The number of halogens is 2. The van der Waals surface area contributed by atoms with Gasteiger partial charge in [0.2, 0.25) is 18.0 Å². The number of rotatable bonds is 12. The van der Waals surface area contributed by atoms with Crippen molar-refractivity contribution < 1.29 is 55.6 Å². The molecule has 3 aliphatic heterocycles. The number of fused-ring (bicyclic) bond motifs is 5. The van der Waals surface area contributed by atoms with Gasteiger partial charge in [-0.05, 0) is 86.6 Å². The molecule has 1 saturated carbocycles. The molecule has 1 aromatic heterocycles. The first-order valence-corrected chi connectivity index (χ1v) is 20.0. The van der Waals surface area contributed by atoms with Crippen LogP contribution >= 0.6 is 7.82 Å². The number of pyridine rings is 1. The molecule has 2 aromatic rings. The number of carbonyl (C=O) groups excluding carboxylic acids is 3. The van der Waals surface area contributed by atoms with Gasteiger partial charge in [0, 0.05) is 43.4 Å². The number of phosphoric ester groups is 1. The predicted molar refractivity (Wildman–Crippen MR) is 197 cm³/mol. The molecule has 2 fully saturated rings. The van der Waals surface area contributed by atoms with E-state index in [0.717, 1.165) is 11.8 Å². The molecule has 2 bridgehead atoms. The molecule has 306 valence electrons. The number of nitrogens with one attached hydrogen (secondary N) is 1. The van der Waals surface area contributed by atoms with E-state index in [4.69, 9.17) is 27.9 Å². The molecule has 1 N–H and O–H groups in total. The molecule has 1 saturated heterocycles. The van der Waals surface area contributed by atoms with E-state index in [1.165, 1.54) is 16.8 Å². The maximum atomic E-state index is 14.4. The number of ether oxygens (including phenoxy) is 2. The van der Waals surface area contributed by atoms with E-state index >= 15 is 0 Å². The number of hydrogen-bond donors (Lipinski definition) is 1. The zero-order chi connectivity index (χ0) is 41.0. The van der Waals surface area contributed by atoms with E-state index in [2.05, 4.69) is 10.5 Å². The molecule has 4 heterocycles. The van der Waals surface area contributed by atoms with Crippen LogP contribution in [0.3, 0.4) is 0 Å². The average molecular weight is 807 g/mol. The second-order valence-corrected chi connectivity index (χ2v) is 18.4. The highest BCUT2D eigenvalue weighted by molar-refractivity contribution is 7.48. The van der Waals surface area contributed by atoms with Crippen LogP contribution < -0.4 is 15.5 Å². The summed E-state index contributed by atoms with van der Waals surface area (Å²) >= 11 is 0. The van der Waals surface area contributed by atoms with Gasteiger partial charge in [-0.1, -0.05) is 11.2 Å². The third-order valence-corrected chi connectivity index (χ3v) is 12.0. The first kappa shape index (κ1) is 41.5. The monoisotopic (exact) mass is 806 g/mol. The van der Waals surface area contributed by atoms with Crippen LogP contribution in [-0.2, 0) is 39.1 Å². The van der Waals surface area contributed by atoms with Crippen LogP contribution in [0.15, 0.2) is 34.3 Å². The van der Waals surface area contributed by atoms with Gasteiger partial charge in [0.05, 0.1) is 35.5 Å². The lowest BCUT2D eigenvalue weighted by Crippen LogP contribution is -2.52. The summed E-state index contributed by atoms with van der Waals surface area (Å²) < 4.78 is 71.0. The molecule has 1 aromatic carbocycles. The molecule has 15 nitrogen and oxygen atoms in total. The van der Waals surface area contributed by atoms with Crippen molar-refractivity contribution >= 4 is 31.3 Å². The molecule has 1 aliphatic carbocycles. The number of aromatic nitrogens is 1. The number of oxime groups is 1. The molecule has 4 aliphatic rings. The summed E-state index contributed by atoms with van der Waals surface area (Å²) in [6.07, 6.45) is 3.13. The van der Waals surface area contributed by atoms with Crippen LogP contribution in [0, 0.1) is 23.5 Å². The van der Waals surface area contributed by atoms with Crippen molar-refractivity contribution in [3.8, 4) is 5.75 Å². The first-order chi connectivity index (χ1) is 26.1. The fourth-order valence-electron chi connectivity index (χ4n) is 7.25. The minimum Gasteiger partial charge on any atom is -0.451 e. The highest BCUT2D eigenvalue weighted by Crippen LogP contribution is 2.57. The van der Waals surface area contributed by atoms with Gasteiger partial charge < -0.3 is 29.1 Å². The van der Waals surface area contributed by atoms with Crippen molar-refractivity contribution in [2.24, 2.45) is 17.0 Å². The predicted octanol–water partition coefficient (Wildman–Crippen LogP) is 6.04. The average Bonchev–Trinajstić information content (AvgIpc) is 3.79. The normalized spacial score (nSPS) is 24.6. The summed E-state index contributed by atoms with van der Waals surface area (Å²) in [5.74, 6) is -5.34. The zero-order valence-corrected chi connectivity index (χ0v) is 33.7. The Morgan fingerprint density at radius 2 is 1.80 bits per heavy atom. The van der Waals surface area contributed by atoms with Gasteiger partial charge in [-0.3, -0.25) is 32.7 Å². The van der Waals surface area contributed by atoms with Gasteiger partial charge >= 0.3 is 13.8 Å². The maximum Gasteiger partial charge on any atom is 0.475 e. The maximum absolute atomic E-state index is 14.4. The molecule has 2 amide bonds. The van der Waals surface area contributed by atoms with Gasteiger partial charge in [-0.2, -0.15) is 0 Å². The SMILES string of the molecule is CC1=NOC2(CCC(C)N3CC2n2cc(C(=O)NCc4ccc(F)cc4F)c(=O)c(OCOC(=O)C4CC4COP(=O)(OC(C)(C)C)OC(C)(C)C)c2C3=O)C1. The van der Waals surface area contributed by atoms with Crippen molar-refractivity contribution in [3.05, 3.63) is 63.1 Å². The van der Waals surface area contributed by atoms with Gasteiger partial charge in [0.25, 0.3) is 11.8 Å². The summed E-state index contributed by atoms with van der Waals surface area (Å²) in [7, 11) is -4.02. The van der Waals surface area contributed by atoms with Crippen LogP contribution in [0.25, 0.3) is 0 Å². The second kappa shape index (κ2) is 15.3. The largest absolute Gasteiger partial charge is 0.475 e. The minimum absolute atomic E-state index is 0.0224. The summed E-state index contributed by atoms with van der Waals surface area (Å²) in [5, 5.41) is 6.72. The van der Waals surface area contributed by atoms with Crippen LogP contribution in [-0.4, -0.2) is 75.8 Å². The number of carbonyl (C=O) groups is 3. The lowest BCUT2D eigenvalue weighted by molar-refractivity contribution is -0.152. The number of amides is 2. The van der Waals surface area contributed by atoms with Crippen LogP contribution in [0.5, 0.6) is 5.75 Å². The highest BCUT2D eigenvalue weighted by Gasteiger charge is 2.54. The molecule has 18 heteroatoms. The van der Waals surface area contributed by atoms with Gasteiger partial charge in [0.1, 0.15) is 17.2 Å². The zero-order valence-electron chi connectivity index (χ0n) is 32.8. The van der Waals surface area contributed by atoms with E-state index in [1.54, 1.807) is 46.4 Å². The third kappa shape index (κ3) is 9.01. The first-order valence-electron chi connectivity index (χ1n) is 18.6. The standard InChI is InChI=1S/C38H49F2N4O11P/c1-21-15-38(53-42-21)12-11-22(2)43-18-29(38)44-17-27(33(46)41-16-23-9-10-25(39)14-28(23)40)31(45)32(30(44)34(43)47)50-20-51-35(48)26-13-24(26)19-52-56(49,54-36(3,4)5)55-37(6,7)8/h9-10,14,17,22,24,26,29H,11-13,15-16,18-20H2,1-8H3,(H,41,46). The van der Waals surface area contributed by atoms with E-state index < -0.39 is 89.5 Å². The number of phosphoric acid groups is 1. The number of hydrogen-bond acceptors (Lipinski definition) is 12. The summed E-state index contributed by atoms with van der Waals surface area (Å²) in [4.78, 5) is 62.7. The van der Waals surface area contributed by atoms with E-state index in [1.807, 2.05) is 13.8 Å². The third-order valence-electron chi connectivity index (χ3n) is 9.97. The molecule has 5 unspecified atom stereocenters. The lowest BCUT2D eigenvalue weighted by Gasteiger charge is -2.42. The van der Waals surface area contributed by atoms with Gasteiger partial charge in [-0.15, -0.1) is 0 Å². The topological polar surface area (TPSA) is 173 Å². The Labute approximate surface area is 323 Å². The number of benzene rings is 1. The van der Waals surface area contributed by atoms with Crippen molar-refractivity contribution in [1.29, 1.82) is 0 Å². The summed E-state index contributed by atoms with van der Waals surface area (Å²) in [6.45, 7) is 12.9. The number of nitrogens with zero attached hydrogens (tertiary/aromatic N) is 3. The minimum atomic E-state index is -4.02. The van der Waals surface area contributed by atoms with E-state index in [0.29, 0.717) is 31.7 Å². The Kier molecular flexibility index (Phi) is 11.3. The van der Waals surface area contributed by atoms with Crippen LogP contribution in [0.1, 0.15) is 114 Å². The fourth-order valence-corrected chi connectivity index (χ4v) is 9.10. The second-order valence-electron chi connectivity index (χ2n) is 16.9. The van der Waals surface area contributed by atoms with Gasteiger partial charge in [0.15, 0.2) is 11.3 Å². The molecule has 5 atom stereocenters. The summed E-state index contributed by atoms with van der Waals surface area (Å²) in [6, 6.07) is 2.03. The summed E-state index contributed by atoms with van der Waals surface area (Å²) in [5.41, 5.74) is -3.44. The van der Waals surface area contributed by atoms with Crippen molar-refractivity contribution in [1.82, 2.24) is 14.8 Å². The van der Waals surface area contributed by atoms with Gasteiger partial charge in [-0.25, -0.2) is 13.3 Å². The quantitative estimate of drug-likeness (QED) is 0.151. The lowest BCUT2D eigenvalue weighted by atomic mass is 9.84. The van der Waals surface area contributed by atoms with E-state index in [9.17, 15) is 32.5 Å². The Bertz CT molecular complexity index is 2020. The molecule has 0 radical (unpaired) electrons. The Morgan fingerprint density at radius 3 is 2.43 bits per heavy atom. The Morgan fingerprint density at radius 1 is 1.11 bits per heavy atom. The molecule has 56 heavy (non-hydrogen) atoms. The number of esters is 1. The van der Waals surface area contributed by atoms with Crippen LogP contribution in [0.4, 0.5) is 8.78 Å². The Hall–Kier alpha value is -4.18. The molecule has 6 rings (SSSR count). The van der Waals surface area contributed by atoms with Crippen molar-refractivity contribution in [3.63, 3.8) is 0 Å².